The molecule has 2 fully saturated rings. The van der Waals surface area contributed by atoms with Crippen LogP contribution in [0.2, 0.25) is 0 Å². The molecule has 2 saturated heterocycles. The molecule has 0 saturated carbocycles. The number of hydrogen-bond acceptors (Lipinski definition) is 12. The predicted octanol–water partition coefficient (Wildman–Crippen LogP) is 1.93. The summed E-state index contributed by atoms with van der Waals surface area (Å²) in [5.74, 6) is 0.180. The lowest BCUT2D eigenvalue weighted by molar-refractivity contribution is -0.158. The third-order valence-corrected chi connectivity index (χ3v) is 20.4. The highest BCUT2D eigenvalue weighted by molar-refractivity contribution is 8.45. The van der Waals surface area contributed by atoms with E-state index in [0.717, 1.165) is 18.1 Å². The number of anilines is 1. The summed E-state index contributed by atoms with van der Waals surface area (Å²) >= 11 is 0. The summed E-state index contributed by atoms with van der Waals surface area (Å²) in [5.41, 5.74) is 0.745. The first kappa shape index (κ1) is 34.1. The SMILES string of the molecule is CCNC(=O)Nc1ncnc2c1ncn2C1OC(C(O[SiH](S(C)(=O)=O)S(C)(=O)=O)C(C)(C)C)C2OC(/C=C/c3ccccc3)OC21. The number of aromatic nitrogens is 4. The van der Waals surface area contributed by atoms with Gasteiger partial charge in [0.1, 0.15) is 24.6 Å². The van der Waals surface area contributed by atoms with Crippen molar-refractivity contribution >= 4 is 55.0 Å². The van der Waals surface area contributed by atoms with Gasteiger partial charge in [-0.05, 0) is 24.0 Å². The van der Waals surface area contributed by atoms with Gasteiger partial charge in [-0.2, -0.15) is 0 Å². The van der Waals surface area contributed by atoms with E-state index in [1.165, 1.54) is 12.7 Å². The van der Waals surface area contributed by atoms with Crippen LogP contribution in [-0.4, -0.2) is 99.5 Å². The van der Waals surface area contributed by atoms with E-state index < -0.39 is 74.3 Å². The Kier molecular flexibility index (Phi) is 9.70. The number of urea groups is 1. The third kappa shape index (κ3) is 7.32. The van der Waals surface area contributed by atoms with Crippen LogP contribution in [0, 0.1) is 5.41 Å². The molecule has 15 nitrogen and oxygen atoms in total. The Morgan fingerprint density at radius 3 is 2.35 bits per heavy atom. The molecule has 2 N–H and O–H groups in total. The second-order valence-corrected chi connectivity index (χ2v) is 25.0. The third-order valence-electron chi connectivity index (χ3n) is 7.36. The molecule has 2 amide bonds. The van der Waals surface area contributed by atoms with Crippen LogP contribution in [0.3, 0.4) is 0 Å². The molecule has 5 rings (SSSR count). The van der Waals surface area contributed by atoms with Crippen LogP contribution in [0.1, 0.15) is 39.5 Å². The van der Waals surface area contributed by atoms with Gasteiger partial charge in [-0.25, -0.2) is 36.6 Å². The molecule has 0 spiro atoms. The first-order valence-corrected chi connectivity index (χ1v) is 21.7. The van der Waals surface area contributed by atoms with Crippen LogP contribution in [0.15, 0.2) is 49.1 Å². The summed E-state index contributed by atoms with van der Waals surface area (Å²) in [6.07, 6.45) is 2.79. The quantitative estimate of drug-likeness (QED) is 0.294. The van der Waals surface area contributed by atoms with Gasteiger partial charge in [0.2, 0.25) is 0 Å². The van der Waals surface area contributed by atoms with Crippen LogP contribution >= 0.6 is 0 Å². The highest BCUT2D eigenvalue weighted by atomic mass is 32.6. The van der Waals surface area contributed by atoms with Gasteiger partial charge in [0.15, 0.2) is 48.1 Å². The van der Waals surface area contributed by atoms with E-state index in [0.29, 0.717) is 17.7 Å². The van der Waals surface area contributed by atoms with Crippen LogP contribution in [0.4, 0.5) is 10.6 Å². The van der Waals surface area contributed by atoms with Crippen molar-refractivity contribution < 1.29 is 40.3 Å². The zero-order valence-corrected chi connectivity index (χ0v) is 29.0. The lowest BCUT2D eigenvalue weighted by atomic mass is 9.84. The van der Waals surface area contributed by atoms with Gasteiger partial charge in [-0.15, -0.1) is 0 Å². The van der Waals surface area contributed by atoms with Gasteiger partial charge in [-0.3, -0.25) is 9.88 Å². The summed E-state index contributed by atoms with van der Waals surface area (Å²) in [7, 11) is -12.0. The van der Waals surface area contributed by atoms with E-state index in [4.69, 9.17) is 18.6 Å². The number of hydrogen-bond donors (Lipinski definition) is 2. The fraction of sp³-hybridized carbons (Fsp3) is 0.500. The molecule has 0 radical (unpaired) electrons. The van der Waals surface area contributed by atoms with E-state index >= 15 is 0 Å². The van der Waals surface area contributed by atoms with Gasteiger partial charge in [-0.1, -0.05) is 57.2 Å². The second kappa shape index (κ2) is 13.1. The monoisotopic (exact) mass is 694 g/mol. The normalized spacial score (nSPS) is 24.5. The van der Waals surface area contributed by atoms with E-state index in [2.05, 4.69) is 25.6 Å². The molecule has 1 aromatic carbocycles. The highest BCUT2D eigenvalue weighted by Crippen LogP contribution is 2.45. The number of carbonyl (C=O) groups excluding carboxylic acids is 1. The van der Waals surface area contributed by atoms with Crippen molar-refractivity contribution in [3.8, 4) is 0 Å². The molecule has 4 heterocycles. The predicted molar refractivity (Wildman–Crippen MR) is 172 cm³/mol. The summed E-state index contributed by atoms with van der Waals surface area (Å²) in [6.45, 7) is 7.61. The Bertz CT molecular complexity index is 1780. The molecular weight excluding hydrogens is 657 g/mol. The molecular formula is C28H38N6O9S2Si. The molecule has 2 aliphatic rings. The maximum Gasteiger partial charge on any atom is 0.443 e. The average molecular weight is 695 g/mol. The number of carbonyl (C=O) groups is 1. The van der Waals surface area contributed by atoms with Crippen molar-refractivity contribution in [2.75, 3.05) is 24.4 Å². The van der Waals surface area contributed by atoms with Gasteiger partial charge in [0.25, 0.3) is 0 Å². The van der Waals surface area contributed by atoms with Crippen molar-refractivity contribution in [2.24, 2.45) is 5.41 Å². The minimum Gasteiger partial charge on any atom is -0.389 e. The number of ether oxygens (including phenoxy) is 3. The van der Waals surface area contributed by atoms with Crippen molar-refractivity contribution in [1.29, 1.82) is 0 Å². The fourth-order valence-corrected chi connectivity index (χ4v) is 16.9. The van der Waals surface area contributed by atoms with Gasteiger partial charge in [0.05, 0.1) is 12.4 Å². The van der Waals surface area contributed by atoms with E-state index in [1.807, 2.05) is 36.4 Å². The molecule has 18 heteroatoms. The zero-order chi connectivity index (χ0) is 33.4. The number of nitrogens with one attached hydrogen (secondary N) is 2. The molecule has 6 unspecified atom stereocenters. The van der Waals surface area contributed by atoms with Gasteiger partial charge >= 0.3 is 13.4 Å². The van der Waals surface area contributed by atoms with E-state index in [-0.39, 0.29) is 5.82 Å². The highest BCUT2D eigenvalue weighted by Gasteiger charge is 2.58. The lowest BCUT2D eigenvalue weighted by Gasteiger charge is -2.38. The first-order valence-electron chi connectivity index (χ1n) is 14.5. The zero-order valence-electron chi connectivity index (χ0n) is 26.2. The van der Waals surface area contributed by atoms with Crippen LogP contribution < -0.4 is 10.6 Å². The number of imidazole rings is 1. The van der Waals surface area contributed by atoms with Crippen LogP contribution in [0.25, 0.3) is 17.2 Å². The average Bonchev–Trinajstić information content (AvgIpc) is 3.65. The fourth-order valence-electron chi connectivity index (χ4n) is 5.47. The van der Waals surface area contributed by atoms with Gasteiger partial charge in [0, 0.05) is 19.1 Å². The number of fused-ring (bicyclic) bond motifs is 2. The largest absolute Gasteiger partial charge is 0.443 e. The second-order valence-electron chi connectivity index (χ2n) is 12.2. The molecule has 2 aliphatic heterocycles. The molecule has 46 heavy (non-hydrogen) atoms. The summed E-state index contributed by atoms with van der Waals surface area (Å²) < 4.78 is 77.8. The molecule has 0 aliphatic carbocycles. The Balaban J connectivity index is 1.54. The molecule has 6 atom stereocenters. The van der Waals surface area contributed by atoms with E-state index in [9.17, 15) is 21.6 Å². The van der Waals surface area contributed by atoms with Crippen molar-refractivity contribution in [3.63, 3.8) is 0 Å². The van der Waals surface area contributed by atoms with Crippen molar-refractivity contribution in [2.45, 2.75) is 64.6 Å². The Morgan fingerprint density at radius 2 is 1.72 bits per heavy atom. The standard InChI is InChI=1S/C28H38N6O9S2Si/c1-7-29-27(35)33-24-19-25(31-15-30-24)34(16-32-19)26-22-20(40-18(41-22)14-13-17-11-9-8-10-12-17)21(42-26)23(28(2,3)4)43-46(44(5,36)37)45(6,38)39/h8-16,18,20-23,26,46H,7H2,1-6H3,(H2,29,30,31,33,35)/b14-13+. The lowest BCUT2D eigenvalue weighted by Crippen LogP contribution is -2.52. The Hall–Kier alpha value is -3.26. The molecule has 2 aromatic heterocycles. The maximum atomic E-state index is 12.7. The number of amides is 2. The molecule has 250 valence electrons. The minimum absolute atomic E-state index is 0.180. The summed E-state index contributed by atoms with van der Waals surface area (Å²) in [5, 5.41) is 5.30. The topological polar surface area (TPSA) is 190 Å². The van der Waals surface area contributed by atoms with Crippen LogP contribution in [-0.2, 0) is 37.2 Å². The minimum atomic E-state index is -4.07. The molecule has 3 aromatic rings. The number of benzene rings is 1. The van der Waals surface area contributed by atoms with E-state index in [1.54, 1.807) is 38.3 Å². The summed E-state index contributed by atoms with van der Waals surface area (Å²) in [6, 6.07) is 9.10. The van der Waals surface area contributed by atoms with Gasteiger partial charge < -0.3 is 24.0 Å². The molecule has 0 bridgehead atoms. The van der Waals surface area contributed by atoms with Crippen molar-refractivity contribution in [3.05, 3.63) is 54.6 Å². The number of rotatable bonds is 10. The van der Waals surface area contributed by atoms with Crippen LogP contribution in [0.5, 0.6) is 0 Å². The Labute approximate surface area is 268 Å². The van der Waals surface area contributed by atoms with Crippen molar-refractivity contribution in [1.82, 2.24) is 24.8 Å². The summed E-state index contributed by atoms with van der Waals surface area (Å²) in [4.78, 5) is 25.2. The maximum absolute atomic E-state index is 12.7. The Morgan fingerprint density at radius 1 is 1.04 bits per heavy atom. The number of nitrogens with zero attached hydrogens (tertiary/aromatic N) is 4. The first-order chi connectivity index (χ1) is 21.6. The smallest absolute Gasteiger partial charge is 0.389 e.